The lowest BCUT2D eigenvalue weighted by Gasteiger charge is -2.21. The van der Waals surface area contributed by atoms with Crippen molar-refractivity contribution in [3.8, 4) is 0 Å². The third-order valence-corrected chi connectivity index (χ3v) is 5.04. The van der Waals surface area contributed by atoms with Crippen molar-refractivity contribution in [1.82, 2.24) is 19.7 Å². The molecule has 1 amide bonds. The van der Waals surface area contributed by atoms with Crippen LogP contribution in [0.3, 0.4) is 0 Å². The van der Waals surface area contributed by atoms with Gasteiger partial charge in [0.15, 0.2) is 0 Å². The topological polar surface area (TPSA) is 66.3 Å². The molecular weight excluding hydrogens is 340 g/mol. The number of likely N-dealkylation sites (tertiary alicyclic amines) is 1. The largest absolute Gasteiger partial charge is 0.381 e. The van der Waals surface area contributed by atoms with E-state index in [2.05, 4.69) is 21.5 Å². The number of carbonyl (C=O) groups excluding carboxylic acids is 1. The number of carbonyl (C=O) groups is 1. The van der Waals surface area contributed by atoms with Crippen LogP contribution in [0.5, 0.6) is 0 Å². The Hall–Kier alpha value is -2.57. The number of rotatable bonds is 6. The van der Waals surface area contributed by atoms with Gasteiger partial charge in [-0.25, -0.2) is 4.98 Å². The van der Waals surface area contributed by atoms with Crippen molar-refractivity contribution in [2.24, 2.45) is 7.05 Å². The second-order valence-electron chi connectivity index (χ2n) is 7.47. The lowest BCUT2D eigenvalue weighted by Crippen LogP contribution is -2.32. The Morgan fingerprint density at radius 3 is 2.78 bits per heavy atom. The fourth-order valence-corrected chi connectivity index (χ4v) is 3.47. The predicted octanol–water partition coefficient (Wildman–Crippen LogP) is 2.31. The SMILES string of the molecule is CN(C)c1ccc(N[C@@H]2CCCN(C(=O)CCc3cnn(C)c3)CC2)cn1. The second kappa shape index (κ2) is 8.88. The van der Waals surface area contributed by atoms with Gasteiger partial charge in [-0.1, -0.05) is 0 Å². The van der Waals surface area contributed by atoms with Crippen LogP contribution in [0.15, 0.2) is 30.7 Å². The van der Waals surface area contributed by atoms with Gasteiger partial charge in [-0.2, -0.15) is 5.10 Å². The van der Waals surface area contributed by atoms with Gasteiger partial charge in [0.2, 0.25) is 5.91 Å². The molecule has 0 radical (unpaired) electrons. The lowest BCUT2D eigenvalue weighted by atomic mass is 10.1. The zero-order valence-electron chi connectivity index (χ0n) is 16.6. The van der Waals surface area contributed by atoms with E-state index in [1.54, 1.807) is 4.68 Å². The first-order chi connectivity index (χ1) is 13.0. The van der Waals surface area contributed by atoms with Crippen LogP contribution in [0.1, 0.15) is 31.2 Å². The van der Waals surface area contributed by atoms with Crippen LogP contribution in [0, 0.1) is 0 Å². The fourth-order valence-electron chi connectivity index (χ4n) is 3.47. The number of hydrogen-bond acceptors (Lipinski definition) is 5. The standard InChI is InChI=1S/C20H30N6O/c1-24(2)19-8-7-18(14-21-19)23-17-5-4-11-26(12-10-17)20(27)9-6-16-13-22-25(3)15-16/h7-8,13-15,17,23H,4-6,9-12H2,1-3H3/t17-/m1/s1. The molecular formula is C20H30N6O. The third kappa shape index (κ3) is 5.45. The molecule has 1 aliphatic heterocycles. The second-order valence-corrected chi connectivity index (χ2v) is 7.47. The molecule has 27 heavy (non-hydrogen) atoms. The van der Waals surface area contributed by atoms with Crippen LogP contribution in [-0.4, -0.2) is 58.8 Å². The molecule has 0 bridgehead atoms. The van der Waals surface area contributed by atoms with Crippen LogP contribution in [0.2, 0.25) is 0 Å². The summed E-state index contributed by atoms with van der Waals surface area (Å²) in [4.78, 5) is 21.0. The van der Waals surface area contributed by atoms with Gasteiger partial charge in [-0.05, 0) is 43.4 Å². The summed E-state index contributed by atoms with van der Waals surface area (Å²) in [6.45, 7) is 1.66. The molecule has 1 aliphatic rings. The number of amides is 1. The molecule has 2 aromatic rings. The third-order valence-electron chi connectivity index (χ3n) is 5.04. The van der Waals surface area contributed by atoms with Crippen LogP contribution in [0.25, 0.3) is 0 Å². The van der Waals surface area contributed by atoms with Crippen LogP contribution in [0.4, 0.5) is 11.5 Å². The van der Waals surface area contributed by atoms with Crippen molar-refractivity contribution >= 4 is 17.4 Å². The summed E-state index contributed by atoms with van der Waals surface area (Å²) in [5.41, 5.74) is 2.16. The van der Waals surface area contributed by atoms with E-state index in [1.807, 2.05) is 55.6 Å². The maximum Gasteiger partial charge on any atom is 0.222 e. The molecule has 7 nitrogen and oxygen atoms in total. The van der Waals surface area contributed by atoms with Crippen LogP contribution in [-0.2, 0) is 18.3 Å². The number of anilines is 2. The molecule has 1 saturated heterocycles. The molecule has 3 heterocycles. The van der Waals surface area contributed by atoms with E-state index >= 15 is 0 Å². The van der Waals surface area contributed by atoms with Gasteiger partial charge in [0.1, 0.15) is 5.82 Å². The smallest absolute Gasteiger partial charge is 0.222 e. The molecule has 2 aromatic heterocycles. The van der Waals surface area contributed by atoms with E-state index in [1.165, 1.54) is 0 Å². The Kier molecular flexibility index (Phi) is 6.32. The number of aromatic nitrogens is 3. The van der Waals surface area contributed by atoms with Gasteiger partial charge in [0.05, 0.1) is 18.1 Å². The summed E-state index contributed by atoms with van der Waals surface area (Å²) in [7, 11) is 5.87. The highest BCUT2D eigenvalue weighted by Crippen LogP contribution is 2.19. The van der Waals surface area contributed by atoms with Crippen molar-refractivity contribution in [3.63, 3.8) is 0 Å². The zero-order valence-corrected chi connectivity index (χ0v) is 16.6. The summed E-state index contributed by atoms with van der Waals surface area (Å²) in [5.74, 6) is 1.20. The Morgan fingerprint density at radius 1 is 1.26 bits per heavy atom. The summed E-state index contributed by atoms with van der Waals surface area (Å²) < 4.78 is 1.78. The summed E-state index contributed by atoms with van der Waals surface area (Å²) >= 11 is 0. The van der Waals surface area contributed by atoms with E-state index in [0.29, 0.717) is 12.5 Å². The van der Waals surface area contributed by atoms with E-state index < -0.39 is 0 Å². The first kappa shape index (κ1) is 19.2. The average molecular weight is 371 g/mol. The molecule has 1 N–H and O–H groups in total. The molecule has 7 heteroatoms. The Labute approximate surface area is 161 Å². The minimum absolute atomic E-state index is 0.247. The summed E-state index contributed by atoms with van der Waals surface area (Å²) in [6, 6.07) is 4.48. The average Bonchev–Trinajstić information content (AvgIpc) is 2.93. The van der Waals surface area contributed by atoms with Crippen LogP contribution >= 0.6 is 0 Å². The monoisotopic (exact) mass is 370 g/mol. The molecule has 146 valence electrons. The Bertz CT molecular complexity index is 739. The molecule has 1 fully saturated rings. The van der Waals surface area contributed by atoms with E-state index in [-0.39, 0.29) is 5.91 Å². The molecule has 0 unspecified atom stereocenters. The predicted molar refractivity (Wildman–Crippen MR) is 108 cm³/mol. The number of aryl methyl sites for hydroxylation is 2. The maximum absolute atomic E-state index is 12.6. The Balaban J connectivity index is 1.47. The quantitative estimate of drug-likeness (QED) is 0.845. The number of hydrogen-bond donors (Lipinski definition) is 1. The zero-order chi connectivity index (χ0) is 19.2. The van der Waals surface area contributed by atoms with Crippen molar-refractivity contribution < 1.29 is 4.79 Å². The van der Waals surface area contributed by atoms with Gasteiger partial charge in [0.25, 0.3) is 0 Å². The normalized spacial score (nSPS) is 17.4. The minimum atomic E-state index is 0.247. The lowest BCUT2D eigenvalue weighted by molar-refractivity contribution is -0.131. The van der Waals surface area contributed by atoms with Gasteiger partial charge in [-0.3, -0.25) is 9.48 Å². The number of nitrogens with zero attached hydrogens (tertiary/aromatic N) is 5. The first-order valence-corrected chi connectivity index (χ1v) is 9.66. The van der Waals surface area contributed by atoms with Crippen molar-refractivity contribution in [2.45, 2.75) is 38.1 Å². The first-order valence-electron chi connectivity index (χ1n) is 9.66. The van der Waals surface area contributed by atoms with Gasteiger partial charge < -0.3 is 15.1 Å². The minimum Gasteiger partial charge on any atom is -0.381 e. The highest BCUT2D eigenvalue weighted by atomic mass is 16.2. The van der Waals surface area contributed by atoms with Gasteiger partial charge in [-0.15, -0.1) is 0 Å². The maximum atomic E-state index is 12.6. The van der Waals surface area contributed by atoms with Gasteiger partial charge >= 0.3 is 0 Å². The molecule has 1 atom stereocenters. The highest BCUT2D eigenvalue weighted by molar-refractivity contribution is 5.76. The molecule has 0 aliphatic carbocycles. The number of pyridine rings is 1. The molecule has 0 aromatic carbocycles. The number of nitrogens with one attached hydrogen (secondary N) is 1. The molecule has 3 rings (SSSR count). The molecule has 0 saturated carbocycles. The van der Waals surface area contributed by atoms with Crippen LogP contribution < -0.4 is 10.2 Å². The van der Waals surface area contributed by atoms with E-state index in [4.69, 9.17) is 0 Å². The molecule has 0 spiro atoms. The summed E-state index contributed by atoms with van der Waals surface area (Å²) in [6.07, 6.45) is 10.1. The highest BCUT2D eigenvalue weighted by Gasteiger charge is 2.20. The van der Waals surface area contributed by atoms with E-state index in [9.17, 15) is 4.79 Å². The van der Waals surface area contributed by atoms with E-state index in [0.717, 1.165) is 55.8 Å². The van der Waals surface area contributed by atoms with Crippen molar-refractivity contribution in [2.75, 3.05) is 37.4 Å². The summed E-state index contributed by atoms with van der Waals surface area (Å²) in [5, 5.41) is 7.74. The Morgan fingerprint density at radius 2 is 2.11 bits per heavy atom. The van der Waals surface area contributed by atoms with Gasteiger partial charge in [0, 0.05) is 52.9 Å². The van der Waals surface area contributed by atoms with Crippen molar-refractivity contribution in [3.05, 3.63) is 36.3 Å². The fraction of sp³-hybridized carbons (Fsp3) is 0.550. The van der Waals surface area contributed by atoms with Crippen molar-refractivity contribution in [1.29, 1.82) is 0 Å².